The summed E-state index contributed by atoms with van der Waals surface area (Å²) < 4.78 is 7.60. The maximum atomic E-state index is 13.1. The highest BCUT2D eigenvalue weighted by Gasteiger charge is 2.25. The molecule has 0 saturated carbocycles. The Labute approximate surface area is 228 Å². The third kappa shape index (κ3) is 6.51. The Bertz CT molecular complexity index is 1200. The van der Waals surface area contributed by atoms with Gasteiger partial charge in [-0.2, -0.15) is 5.10 Å². The number of nitrogens with zero attached hydrogens (tertiary/aromatic N) is 2. The highest BCUT2D eigenvalue weighted by Crippen LogP contribution is 2.33. The topological polar surface area (TPSA) is 56.1 Å². The van der Waals surface area contributed by atoms with Crippen molar-refractivity contribution in [3.8, 4) is 16.9 Å². The molecule has 1 N–H and O–H groups in total. The average molecular weight is 549 g/mol. The SMILES string of the molecule is C=CCC(CC)(CC)COCCNC(=O)c1nn(-c2ccc(Cl)cc2Cl)c(-c2ccc(Cl)cc2)c1C. The fourth-order valence-electron chi connectivity index (χ4n) is 4.20. The number of nitrogens with one attached hydrogen (secondary N) is 1. The first kappa shape index (κ1) is 28.3. The molecule has 0 atom stereocenters. The monoisotopic (exact) mass is 547 g/mol. The third-order valence-electron chi connectivity index (χ3n) is 6.61. The first-order valence-corrected chi connectivity index (χ1v) is 13.2. The molecule has 0 aliphatic rings. The van der Waals surface area contributed by atoms with Gasteiger partial charge < -0.3 is 10.1 Å². The maximum absolute atomic E-state index is 13.1. The van der Waals surface area contributed by atoms with Crippen molar-refractivity contribution in [3.63, 3.8) is 0 Å². The van der Waals surface area contributed by atoms with Crippen LogP contribution in [0, 0.1) is 12.3 Å². The lowest BCUT2D eigenvalue weighted by Crippen LogP contribution is -2.31. The van der Waals surface area contributed by atoms with Gasteiger partial charge in [0.15, 0.2) is 5.69 Å². The normalized spacial score (nSPS) is 11.5. The van der Waals surface area contributed by atoms with E-state index in [4.69, 9.17) is 39.5 Å². The minimum atomic E-state index is -0.279. The number of benzene rings is 2. The van der Waals surface area contributed by atoms with E-state index in [-0.39, 0.29) is 11.3 Å². The largest absolute Gasteiger partial charge is 0.379 e. The third-order valence-corrected chi connectivity index (χ3v) is 7.40. The lowest BCUT2D eigenvalue weighted by Gasteiger charge is -2.30. The van der Waals surface area contributed by atoms with Crippen molar-refractivity contribution in [1.82, 2.24) is 15.1 Å². The van der Waals surface area contributed by atoms with Gasteiger partial charge in [-0.05, 0) is 61.9 Å². The number of rotatable bonds is 12. The summed E-state index contributed by atoms with van der Waals surface area (Å²) in [5.41, 5.74) is 3.35. The molecule has 0 radical (unpaired) electrons. The molecule has 1 aromatic heterocycles. The fourth-order valence-corrected chi connectivity index (χ4v) is 4.82. The first-order chi connectivity index (χ1) is 17.2. The Morgan fingerprint density at radius 1 is 1.11 bits per heavy atom. The van der Waals surface area contributed by atoms with E-state index in [1.54, 1.807) is 35.0 Å². The summed E-state index contributed by atoms with van der Waals surface area (Å²) in [6.07, 6.45) is 4.88. The molecule has 5 nitrogen and oxygen atoms in total. The second-order valence-corrected chi connectivity index (χ2v) is 10.1. The van der Waals surface area contributed by atoms with Crippen molar-refractivity contribution in [1.29, 1.82) is 0 Å². The molecule has 3 aromatic rings. The highest BCUT2D eigenvalue weighted by molar-refractivity contribution is 6.35. The molecule has 0 saturated heterocycles. The van der Waals surface area contributed by atoms with Crippen LogP contribution in [0.5, 0.6) is 0 Å². The smallest absolute Gasteiger partial charge is 0.272 e. The molecule has 0 spiro atoms. The number of aromatic nitrogens is 2. The standard InChI is InChI=1S/C28H32Cl3N3O2/c1-5-14-28(6-2,7-3)18-36-16-15-32-27(35)25-19(4)26(20-8-10-21(29)11-9-20)34(33-25)24-13-12-22(30)17-23(24)31/h5,8-13,17H,1,6-7,14-16,18H2,2-4H3,(H,32,35). The van der Waals surface area contributed by atoms with Crippen molar-refractivity contribution in [2.75, 3.05) is 19.8 Å². The van der Waals surface area contributed by atoms with Crippen molar-refractivity contribution >= 4 is 40.7 Å². The van der Waals surface area contributed by atoms with E-state index in [1.165, 1.54) is 0 Å². The zero-order valence-electron chi connectivity index (χ0n) is 20.9. The van der Waals surface area contributed by atoms with E-state index in [9.17, 15) is 4.79 Å². The highest BCUT2D eigenvalue weighted by atomic mass is 35.5. The van der Waals surface area contributed by atoms with Gasteiger partial charge >= 0.3 is 0 Å². The summed E-state index contributed by atoms with van der Waals surface area (Å²) in [7, 11) is 0. The van der Waals surface area contributed by atoms with Gasteiger partial charge in [0.2, 0.25) is 0 Å². The van der Waals surface area contributed by atoms with Crippen LogP contribution in [-0.2, 0) is 4.74 Å². The predicted molar refractivity (Wildman–Crippen MR) is 150 cm³/mol. The zero-order chi connectivity index (χ0) is 26.3. The fraction of sp³-hybridized carbons (Fsp3) is 0.357. The molecule has 0 aliphatic heterocycles. The van der Waals surface area contributed by atoms with Crippen LogP contribution in [0.4, 0.5) is 0 Å². The van der Waals surface area contributed by atoms with Crippen LogP contribution in [0.15, 0.2) is 55.1 Å². The van der Waals surface area contributed by atoms with E-state index in [0.717, 1.165) is 36.1 Å². The van der Waals surface area contributed by atoms with E-state index in [1.807, 2.05) is 25.1 Å². The average Bonchev–Trinajstić information content (AvgIpc) is 3.20. The molecule has 1 amide bonds. The van der Waals surface area contributed by atoms with Crippen LogP contribution in [-0.4, -0.2) is 35.4 Å². The quantitative estimate of drug-likeness (QED) is 0.185. The molecule has 1 heterocycles. The predicted octanol–water partition coefficient (Wildman–Crippen LogP) is 7.94. The van der Waals surface area contributed by atoms with Gasteiger partial charge in [0.1, 0.15) is 0 Å². The van der Waals surface area contributed by atoms with Gasteiger partial charge in [-0.15, -0.1) is 6.58 Å². The maximum Gasteiger partial charge on any atom is 0.272 e. The van der Waals surface area contributed by atoms with Crippen molar-refractivity contribution in [2.24, 2.45) is 5.41 Å². The van der Waals surface area contributed by atoms with Crippen molar-refractivity contribution in [3.05, 3.63) is 81.4 Å². The summed E-state index contributed by atoms with van der Waals surface area (Å²) >= 11 is 18.7. The Hall–Kier alpha value is -2.31. The van der Waals surface area contributed by atoms with Crippen molar-refractivity contribution < 1.29 is 9.53 Å². The van der Waals surface area contributed by atoms with Gasteiger partial charge in [0, 0.05) is 27.7 Å². The minimum Gasteiger partial charge on any atom is -0.379 e. The number of ether oxygens (including phenoxy) is 1. The Balaban J connectivity index is 1.81. The zero-order valence-corrected chi connectivity index (χ0v) is 23.2. The van der Waals surface area contributed by atoms with Crippen LogP contribution in [0.2, 0.25) is 15.1 Å². The van der Waals surface area contributed by atoms with Crippen LogP contribution in [0.3, 0.4) is 0 Å². The van der Waals surface area contributed by atoms with Gasteiger partial charge in [0.25, 0.3) is 5.91 Å². The molecular weight excluding hydrogens is 517 g/mol. The summed E-state index contributed by atoms with van der Waals surface area (Å²) in [5, 5.41) is 9.15. The number of amides is 1. The summed E-state index contributed by atoms with van der Waals surface area (Å²) in [5.74, 6) is -0.279. The molecule has 8 heteroatoms. The number of halogens is 3. The lowest BCUT2D eigenvalue weighted by molar-refractivity contribution is 0.0402. The van der Waals surface area contributed by atoms with Crippen LogP contribution in [0.1, 0.15) is 49.2 Å². The van der Waals surface area contributed by atoms with Crippen LogP contribution in [0.25, 0.3) is 16.9 Å². The van der Waals surface area contributed by atoms with E-state index in [2.05, 4.69) is 30.8 Å². The molecule has 0 aliphatic carbocycles. The molecule has 3 rings (SSSR count). The molecule has 0 unspecified atom stereocenters. The number of carbonyl (C=O) groups excluding carboxylic acids is 1. The Morgan fingerprint density at radius 3 is 2.39 bits per heavy atom. The van der Waals surface area contributed by atoms with Crippen LogP contribution < -0.4 is 5.32 Å². The van der Waals surface area contributed by atoms with Crippen LogP contribution >= 0.6 is 34.8 Å². The summed E-state index contributed by atoms with van der Waals surface area (Å²) in [6.45, 7) is 11.5. The molecule has 36 heavy (non-hydrogen) atoms. The molecule has 0 fully saturated rings. The first-order valence-electron chi connectivity index (χ1n) is 12.0. The summed E-state index contributed by atoms with van der Waals surface area (Å²) in [4.78, 5) is 13.1. The van der Waals surface area contributed by atoms with Gasteiger partial charge in [-0.1, -0.05) is 66.9 Å². The van der Waals surface area contributed by atoms with Gasteiger partial charge in [-0.3, -0.25) is 4.79 Å². The number of hydrogen-bond donors (Lipinski definition) is 1. The van der Waals surface area contributed by atoms with Gasteiger partial charge in [0.05, 0.1) is 29.6 Å². The number of allylic oxidation sites excluding steroid dienone is 1. The minimum absolute atomic E-state index is 0.0897. The second kappa shape index (κ2) is 12.8. The van der Waals surface area contributed by atoms with E-state index < -0.39 is 0 Å². The van der Waals surface area contributed by atoms with E-state index in [0.29, 0.717) is 46.2 Å². The van der Waals surface area contributed by atoms with E-state index >= 15 is 0 Å². The molecule has 2 aromatic carbocycles. The molecule has 192 valence electrons. The Morgan fingerprint density at radius 2 is 1.78 bits per heavy atom. The van der Waals surface area contributed by atoms with Crippen molar-refractivity contribution in [2.45, 2.75) is 40.0 Å². The molecular formula is C28H32Cl3N3O2. The Kier molecular flexibility index (Phi) is 10.0. The number of carbonyl (C=O) groups is 1. The second-order valence-electron chi connectivity index (χ2n) is 8.85. The molecule has 0 bridgehead atoms. The lowest BCUT2D eigenvalue weighted by atomic mass is 9.80. The van der Waals surface area contributed by atoms with Gasteiger partial charge in [-0.25, -0.2) is 4.68 Å². The number of hydrogen-bond acceptors (Lipinski definition) is 3. The summed E-state index contributed by atoms with van der Waals surface area (Å²) in [6, 6.07) is 12.5.